The Morgan fingerprint density at radius 2 is 1.86 bits per heavy atom. The maximum absolute atomic E-state index is 12.5. The number of hydrogen-bond donors (Lipinski definition) is 2. The Balaban J connectivity index is 1.38. The van der Waals surface area contributed by atoms with Crippen molar-refractivity contribution in [3.63, 3.8) is 0 Å². The Bertz CT molecular complexity index is 1440. The van der Waals surface area contributed by atoms with Gasteiger partial charge < -0.3 is 14.8 Å². The van der Waals surface area contributed by atoms with Crippen molar-refractivity contribution >= 4 is 27.3 Å². The molecule has 0 aliphatic carbocycles. The molecule has 4 aromatic rings. The molecule has 1 amide bonds. The number of nitrogens with zero attached hydrogens (tertiary/aromatic N) is 4. The van der Waals surface area contributed by atoms with Crippen LogP contribution in [0.3, 0.4) is 0 Å². The molecule has 12 heteroatoms. The largest absolute Gasteiger partial charge is 0.497 e. The highest BCUT2D eigenvalue weighted by atomic mass is 32.2. The fourth-order valence-corrected chi connectivity index (χ4v) is 4.19. The van der Waals surface area contributed by atoms with Gasteiger partial charge in [-0.25, -0.2) is 13.1 Å². The monoisotopic (exact) mass is 496 g/mol. The Kier molecular flexibility index (Phi) is 7.22. The zero-order valence-electron chi connectivity index (χ0n) is 19.1. The van der Waals surface area contributed by atoms with Crippen LogP contribution in [0.15, 0.2) is 65.6 Å². The molecule has 0 unspecified atom stereocenters. The van der Waals surface area contributed by atoms with E-state index in [-0.39, 0.29) is 29.8 Å². The SMILES string of the molecule is CCC(=O)Nc1ccc(S(=O)(=O)NCCOc2ccc3nnc(-c4cccc(OC)c4)n3n2)cc1. The Morgan fingerprint density at radius 1 is 1.06 bits per heavy atom. The molecule has 0 atom stereocenters. The number of aromatic nitrogens is 4. The third-order valence-corrected chi connectivity index (χ3v) is 6.46. The average Bonchev–Trinajstić information content (AvgIpc) is 3.30. The van der Waals surface area contributed by atoms with Crippen LogP contribution in [-0.2, 0) is 14.8 Å². The molecule has 0 saturated carbocycles. The predicted octanol–water partition coefficient (Wildman–Crippen LogP) is 2.51. The second-order valence-electron chi connectivity index (χ2n) is 7.37. The molecule has 2 heterocycles. The van der Waals surface area contributed by atoms with E-state index < -0.39 is 10.0 Å². The number of amides is 1. The second-order valence-corrected chi connectivity index (χ2v) is 9.14. The molecule has 0 bridgehead atoms. The molecule has 0 saturated heterocycles. The summed E-state index contributed by atoms with van der Waals surface area (Å²) in [6, 6.07) is 16.6. The van der Waals surface area contributed by atoms with Crippen LogP contribution in [0.25, 0.3) is 17.0 Å². The van der Waals surface area contributed by atoms with E-state index in [1.54, 1.807) is 30.7 Å². The first-order valence-corrected chi connectivity index (χ1v) is 12.3. The smallest absolute Gasteiger partial charge is 0.240 e. The first-order valence-electron chi connectivity index (χ1n) is 10.8. The summed E-state index contributed by atoms with van der Waals surface area (Å²) < 4.78 is 40.0. The summed E-state index contributed by atoms with van der Waals surface area (Å²) >= 11 is 0. The van der Waals surface area contributed by atoms with E-state index in [0.29, 0.717) is 29.3 Å². The fourth-order valence-electron chi connectivity index (χ4n) is 3.17. The lowest BCUT2D eigenvalue weighted by Crippen LogP contribution is -2.28. The van der Waals surface area contributed by atoms with E-state index in [2.05, 4.69) is 25.3 Å². The number of carbonyl (C=O) groups is 1. The quantitative estimate of drug-likeness (QED) is 0.320. The molecule has 0 aliphatic rings. The van der Waals surface area contributed by atoms with Gasteiger partial charge in [0.1, 0.15) is 12.4 Å². The molecule has 35 heavy (non-hydrogen) atoms. The van der Waals surface area contributed by atoms with Crippen molar-refractivity contribution in [1.29, 1.82) is 0 Å². The molecule has 0 fully saturated rings. The summed E-state index contributed by atoms with van der Waals surface area (Å²) in [6.45, 7) is 1.82. The summed E-state index contributed by atoms with van der Waals surface area (Å²) in [4.78, 5) is 11.5. The standard InChI is InChI=1S/C23H24N6O5S/c1-3-21(30)25-17-7-9-19(10-8-17)35(31,32)24-13-14-34-22-12-11-20-26-27-23(29(20)28-22)16-5-4-6-18(15-16)33-2/h4-12,15,24H,3,13-14H2,1-2H3,(H,25,30). The normalized spacial score (nSPS) is 11.4. The van der Waals surface area contributed by atoms with Crippen LogP contribution in [-0.4, -0.2) is 54.4 Å². The number of hydrogen-bond acceptors (Lipinski definition) is 8. The van der Waals surface area contributed by atoms with Crippen molar-refractivity contribution in [2.45, 2.75) is 18.2 Å². The Morgan fingerprint density at radius 3 is 2.60 bits per heavy atom. The third-order valence-electron chi connectivity index (χ3n) is 4.98. The molecule has 0 radical (unpaired) electrons. The van der Waals surface area contributed by atoms with Gasteiger partial charge in [0, 0.05) is 30.3 Å². The third kappa shape index (κ3) is 5.73. The molecule has 0 aliphatic heterocycles. The van der Waals surface area contributed by atoms with Crippen LogP contribution in [0.1, 0.15) is 13.3 Å². The lowest BCUT2D eigenvalue weighted by molar-refractivity contribution is -0.115. The maximum Gasteiger partial charge on any atom is 0.240 e. The van der Waals surface area contributed by atoms with Gasteiger partial charge in [-0.2, -0.15) is 4.52 Å². The fraction of sp³-hybridized carbons (Fsp3) is 0.217. The van der Waals surface area contributed by atoms with Gasteiger partial charge in [-0.3, -0.25) is 4.79 Å². The highest BCUT2D eigenvalue weighted by Crippen LogP contribution is 2.23. The lowest BCUT2D eigenvalue weighted by atomic mass is 10.2. The van der Waals surface area contributed by atoms with Crippen molar-refractivity contribution in [2.75, 3.05) is 25.6 Å². The van der Waals surface area contributed by atoms with Gasteiger partial charge in [0.15, 0.2) is 11.5 Å². The zero-order chi connectivity index (χ0) is 24.8. The summed E-state index contributed by atoms with van der Waals surface area (Å²) in [5, 5.41) is 15.4. The summed E-state index contributed by atoms with van der Waals surface area (Å²) in [5.41, 5.74) is 1.84. The van der Waals surface area contributed by atoms with Gasteiger partial charge in [-0.15, -0.1) is 15.3 Å². The highest BCUT2D eigenvalue weighted by Gasteiger charge is 2.14. The number of carbonyl (C=O) groups excluding carboxylic acids is 1. The number of rotatable bonds is 10. The predicted molar refractivity (Wildman–Crippen MR) is 129 cm³/mol. The van der Waals surface area contributed by atoms with E-state index in [1.807, 2.05) is 24.3 Å². The van der Waals surface area contributed by atoms with E-state index in [0.717, 1.165) is 5.56 Å². The highest BCUT2D eigenvalue weighted by molar-refractivity contribution is 7.89. The van der Waals surface area contributed by atoms with Crippen LogP contribution in [0.2, 0.25) is 0 Å². The van der Waals surface area contributed by atoms with Crippen LogP contribution in [0.4, 0.5) is 5.69 Å². The van der Waals surface area contributed by atoms with E-state index in [1.165, 1.54) is 24.3 Å². The van der Waals surface area contributed by atoms with Crippen molar-refractivity contribution in [3.05, 3.63) is 60.7 Å². The molecular formula is C23H24N6O5S. The molecule has 2 N–H and O–H groups in total. The average molecular weight is 497 g/mol. The maximum atomic E-state index is 12.5. The number of fused-ring (bicyclic) bond motifs is 1. The molecule has 4 rings (SSSR count). The van der Waals surface area contributed by atoms with E-state index >= 15 is 0 Å². The molecular weight excluding hydrogens is 472 g/mol. The van der Waals surface area contributed by atoms with E-state index in [4.69, 9.17) is 9.47 Å². The molecule has 0 spiro atoms. The number of methoxy groups -OCH3 is 1. The van der Waals surface area contributed by atoms with Crippen molar-refractivity contribution in [1.82, 2.24) is 24.5 Å². The lowest BCUT2D eigenvalue weighted by Gasteiger charge is -2.09. The molecule has 11 nitrogen and oxygen atoms in total. The molecule has 182 valence electrons. The van der Waals surface area contributed by atoms with Gasteiger partial charge in [-0.1, -0.05) is 19.1 Å². The number of ether oxygens (including phenoxy) is 2. The number of nitrogens with one attached hydrogen (secondary N) is 2. The van der Waals surface area contributed by atoms with Gasteiger partial charge >= 0.3 is 0 Å². The summed E-state index contributed by atoms with van der Waals surface area (Å²) in [7, 11) is -2.16. The topological polar surface area (TPSA) is 137 Å². The Labute approximate surface area is 202 Å². The van der Waals surface area contributed by atoms with Gasteiger partial charge in [0.05, 0.1) is 12.0 Å². The summed E-state index contributed by atoms with van der Waals surface area (Å²) in [6.07, 6.45) is 0.336. The minimum Gasteiger partial charge on any atom is -0.497 e. The van der Waals surface area contributed by atoms with Gasteiger partial charge in [0.25, 0.3) is 0 Å². The van der Waals surface area contributed by atoms with Crippen LogP contribution >= 0.6 is 0 Å². The second kappa shape index (κ2) is 10.5. The summed E-state index contributed by atoms with van der Waals surface area (Å²) in [5.74, 6) is 1.34. The number of benzene rings is 2. The van der Waals surface area contributed by atoms with Crippen molar-refractivity contribution in [2.24, 2.45) is 0 Å². The molecule has 2 aromatic heterocycles. The minimum atomic E-state index is -3.74. The first kappa shape index (κ1) is 24.1. The van der Waals surface area contributed by atoms with Gasteiger partial charge in [0.2, 0.25) is 21.8 Å². The number of anilines is 1. The first-order chi connectivity index (χ1) is 16.9. The van der Waals surface area contributed by atoms with Gasteiger partial charge in [-0.05, 0) is 42.5 Å². The van der Waals surface area contributed by atoms with E-state index in [9.17, 15) is 13.2 Å². The van der Waals surface area contributed by atoms with Crippen molar-refractivity contribution in [3.8, 4) is 23.0 Å². The number of sulfonamides is 1. The molecule has 2 aromatic carbocycles. The van der Waals surface area contributed by atoms with Crippen LogP contribution in [0.5, 0.6) is 11.6 Å². The minimum absolute atomic E-state index is 0.0291. The zero-order valence-corrected chi connectivity index (χ0v) is 19.9. The Hall–Kier alpha value is -4.03. The van der Waals surface area contributed by atoms with Crippen LogP contribution < -0.4 is 19.5 Å². The van der Waals surface area contributed by atoms with Crippen molar-refractivity contribution < 1.29 is 22.7 Å². The van der Waals surface area contributed by atoms with Crippen LogP contribution in [0, 0.1) is 0 Å².